The molecular weight excluding hydrogens is 206 g/mol. The van der Waals surface area contributed by atoms with Crippen molar-refractivity contribution >= 4 is 0 Å². The predicted octanol–water partition coefficient (Wildman–Crippen LogP) is 4.28. The Morgan fingerprint density at radius 2 is 1.59 bits per heavy atom. The van der Waals surface area contributed by atoms with E-state index in [1.807, 2.05) is 0 Å². The molecule has 0 saturated heterocycles. The summed E-state index contributed by atoms with van der Waals surface area (Å²) >= 11 is 0. The molecule has 0 aliphatic carbocycles. The first kappa shape index (κ1) is 14.2. The largest absolute Gasteiger partial charge is 0.308 e. The number of rotatable bonds is 5. The van der Waals surface area contributed by atoms with Gasteiger partial charge in [-0.1, -0.05) is 31.0 Å². The van der Waals surface area contributed by atoms with Crippen molar-refractivity contribution in [2.75, 3.05) is 0 Å². The maximum Gasteiger partial charge on any atom is 0.0215 e. The first-order valence-corrected chi connectivity index (χ1v) is 6.67. The van der Waals surface area contributed by atoms with E-state index in [1.54, 1.807) is 0 Å². The molecule has 0 aliphatic rings. The number of nitrogens with one attached hydrogen (secondary N) is 1. The summed E-state index contributed by atoms with van der Waals surface area (Å²) in [7, 11) is 0. The van der Waals surface area contributed by atoms with E-state index in [9.17, 15) is 0 Å². The van der Waals surface area contributed by atoms with Gasteiger partial charge in [0.25, 0.3) is 0 Å². The maximum absolute atomic E-state index is 3.68. The molecule has 17 heavy (non-hydrogen) atoms. The average molecular weight is 233 g/mol. The minimum atomic E-state index is 0.235. The van der Waals surface area contributed by atoms with Crippen molar-refractivity contribution in [1.82, 2.24) is 5.32 Å². The van der Waals surface area contributed by atoms with Crippen molar-refractivity contribution in [2.24, 2.45) is 0 Å². The van der Waals surface area contributed by atoms with E-state index in [1.165, 1.54) is 35.1 Å². The highest BCUT2D eigenvalue weighted by Crippen LogP contribution is 2.18. The summed E-state index contributed by atoms with van der Waals surface area (Å²) in [4.78, 5) is 0. The van der Waals surface area contributed by atoms with Crippen molar-refractivity contribution in [3.8, 4) is 0 Å². The van der Waals surface area contributed by atoms with Crippen LogP contribution in [-0.4, -0.2) is 5.54 Å². The number of hydrogen-bond donors (Lipinski definition) is 1. The molecule has 0 bridgehead atoms. The van der Waals surface area contributed by atoms with Gasteiger partial charge in [-0.25, -0.2) is 0 Å². The molecule has 0 radical (unpaired) electrons. The fraction of sp³-hybridized carbons (Fsp3) is 0.625. The Labute approximate surface area is 107 Å². The van der Waals surface area contributed by atoms with Crippen molar-refractivity contribution < 1.29 is 0 Å². The summed E-state index contributed by atoms with van der Waals surface area (Å²) in [6.45, 7) is 14.4. The van der Waals surface area contributed by atoms with E-state index >= 15 is 0 Å². The lowest BCUT2D eigenvalue weighted by molar-refractivity contribution is 0.356. The zero-order valence-corrected chi connectivity index (χ0v) is 12.3. The third kappa shape index (κ3) is 4.16. The molecule has 0 aliphatic heterocycles. The molecular formula is C16H27N. The summed E-state index contributed by atoms with van der Waals surface area (Å²) in [5.74, 6) is 0. The molecule has 0 unspecified atom stereocenters. The minimum Gasteiger partial charge on any atom is -0.308 e. The Balaban J connectivity index is 2.76. The molecule has 1 heteroatoms. The highest BCUT2D eigenvalue weighted by molar-refractivity contribution is 5.37. The summed E-state index contributed by atoms with van der Waals surface area (Å²) in [5, 5.41) is 3.68. The van der Waals surface area contributed by atoms with Gasteiger partial charge in [0.2, 0.25) is 0 Å². The van der Waals surface area contributed by atoms with Crippen molar-refractivity contribution in [3.63, 3.8) is 0 Å². The lowest BCUT2D eigenvalue weighted by atomic mass is 9.96. The number of benzene rings is 1. The van der Waals surface area contributed by atoms with Gasteiger partial charge in [-0.05, 0) is 57.7 Å². The van der Waals surface area contributed by atoms with Crippen LogP contribution in [0.15, 0.2) is 12.1 Å². The lowest BCUT2D eigenvalue weighted by Crippen LogP contribution is -2.38. The maximum atomic E-state index is 3.68. The zero-order chi connectivity index (χ0) is 13.1. The van der Waals surface area contributed by atoms with Crippen LogP contribution in [0, 0.1) is 20.8 Å². The topological polar surface area (TPSA) is 12.0 Å². The van der Waals surface area contributed by atoms with Crippen LogP contribution in [0.5, 0.6) is 0 Å². The monoisotopic (exact) mass is 233 g/mol. The van der Waals surface area contributed by atoms with Crippen LogP contribution in [0.3, 0.4) is 0 Å². The van der Waals surface area contributed by atoms with Crippen molar-refractivity contribution in [1.29, 1.82) is 0 Å². The third-order valence-electron chi connectivity index (χ3n) is 3.46. The van der Waals surface area contributed by atoms with Crippen LogP contribution in [0.4, 0.5) is 0 Å². The van der Waals surface area contributed by atoms with Gasteiger partial charge in [-0.15, -0.1) is 0 Å². The second-order valence-electron chi connectivity index (χ2n) is 5.86. The Morgan fingerprint density at radius 1 is 1.06 bits per heavy atom. The molecule has 0 amide bonds. The van der Waals surface area contributed by atoms with Gasteiger partial charge in [0, 0.05) is 12.1 Å². The molecule has 96 valence electrons. The van der Waals surface area contributed by atoms with Gasteiger partial charge < -0.3 is 5.32 Å². The molecule has 0 atom stereocenters. The van der Waals surface area contributed by atoms with Gasteiger partial charge in [0.1, 0.15) is 0 Å². The van der Waals surface area contributed by atoms with E-state index in [4.69, 9.17) is 0 Å². The summed E-state index contributed by atoms with van der Waals surface area (Å²) in [6.07, 6.45) is 2.45. The average Bonchev–Trinajstić information content (AvgIpc) is 2.15. The highest BCUT2D eigenvalue weighted by Gasteiger charge is 2.16. The first-order valence-electron chi connectivity index (χ1n) is 6.67. The molecule has 0 spiro atoms. The van der Waals surface area contributed by atoms with E-state index in [2.05, 4.69) is 59.0 Å². The molecule has 1 aromatic carbocycles. The SMILES string of the molecule is CCCC(C)(C)NCc1c(C)cc(C)cc1C. The second-order valence-corrected chi connectivity index (χ2v) is 5.86. The van der Waals surface area contributed by atoms with Crippen LogP contribution in [-0.2, 0) is 6.54 Å². The Hall–Kier alpha value is -0.820. The van der Waals surface area contributed by atoms with Gasteiger partial charge >= 0.3 is 0 Å². The van der Waals surface area contributed by atoms with Crippen LogP contribution >= 0.6 is 0 Å². The Bertz CT molecular complexity index is 354. The molecule has 1 aromatic rings. The highest BCUT2D eigenvalue weighted by atomic mass is 14.9. The number of hydrogen-bond acceptors (Lipinski definition) is 1. The molecule has 0 saturated carbocycles. The molecule has 1 nitrogen and oxygen atoms in total. The van der Waals surface area contributed by atoms with Crippen LogP contribution in [0.1, 0.15) is 55.9 Å². The summed E-state index contributed by atoms with van der Waals surface area (Å²) in [5.41, 5.74) is 5.86. The van der Waals surface area contributed by atoms with Crippen LogP contribution < -0.4 is 5.32 Å². The zero-order valence-electron chi connectivity index (χ0n) is 12.3. The normalized spacial score (nSPS) is 11.9. The predicted molar refractivity (Wildman–Crippen MR) is 76.5 cm³/mol. The van der Waals surface area contributed by atoms with Gasteiger partial charge in [-0.2, -0.15) is 0 Å². The number of aryl methyl sites for hydroxylation is 3. The second kappa shape index (κ2) is 5.68. The Kier molecular flexibility index (Phi) is 4.76. The standard InChI is InChI=1S/C16H27N/c1-7-8-16(5,6)17-11-15-13(3)9-12(2)10-14(15)4/h9-10,17H,7-8,11H2,1-6H3. The van der Waals surface area contributed by atoms with E-state index in [0.717, 1.165) is 6.54 Å². The summed E-state index contributed by atoms with van der Waals surface area (Å²) in [6, 6.07) is 4.55. The smallest absolute Gasteiger partial charge is 0.0215 e. The fourth-order valence-electron chi connectivity index (χ4n) is 2.53. The molecule has 0 heterocycles. The van der Waals surface area contributed by atoms with E-state index < -0.39 is 0 Å². The fourth-order valence-corrected chi connectivity index (χ4v) is 2.53. The van der Waals surface area contributed by atoms with Crippen molar-refractivity contribution in [2.45, 2.75) is 66.5 Å². The molecule has 0 fully saturated rings. The van der Waals surface area contributed by atoms with Crippen molar-refractivity contribution in [3.05, 3.63) is 34.4 Å². The molecule has 1 N–H and O–H groups in total. The summed E-state index contributed by atoms with van der Waals surface area (Å²) < 4.78 is 0. The molecule has 1 rings (SSSR count). The van der Waals surface area contributed by atoms with Gasteiger partial charge in [0.15, 0.2) is 0 Å². The van der Waals surface area contributed by atoms with E-state index in [-0.39, 0.29) is 5.54 Å². The van der Waals surface area contributed by atoms with Crippen LogP contribution in [0.2, 0.25) is 0 Å². The Morgan fingerprint density at radius 3 is 2.06 bits per heavy atom. The quantitative estimate of drug-likeness (QED) is 0.800. The van der Waals surface area contributed by atoms with E-state index in [0.29, 0.717) is 0 Å². The first-order chi connectivity index (χ1) is 7.85. The van der Waals surface area contributed by atoms with Gasteiger partial charge in [-0.3, -0.25) is 0 Å². The minimum absolute atomic E-state index is 0.235. The third-order valence-corrected chi connectivity index (χ3v) is 3.46. The molecule has 0 aromatic heterocycles. The lowest BCUT2D eigenvalue weighted by Gasteiger charge is -2.27. The van der Waals surface area contributed by atoms with Gasteiger partial charge in [0.05, 0.1) is 0 Å². The van der Waals surface area contributed by atoms with Crippen LogP contribution in [0.25, 0.3) is 0 Å².